The number of hydrogen-bond donors (Lipinski definition) is 0. The van der Waals surface area contributed by atoms with Gasteiger partial charge in [0, 0.05) is 40.9 Å². The minimum Gasteiger partial charge on any atom is -0.257 e. The van der Waals surface area contributed by atoms with Crippen molar-refractivity contribution < 1.29 is 10.1 Å². The highest BCUT2D eigenvalue weighted by atomic mass is 14.9. The van der Waals surface area contributed by atoms with Crippen molar-refractivity contribution in [1.29, 1.82) is 0 Å². The smallest absolute Gasteiger partial charge is 0.212 e. The molecule has 126 valence electrons. The van der Waals surface area contributed by atoms with E-state index in [1.54, 1.807) is 6.07 Å². The van der Waals surface area contributed by atoms with Crippen LogP contribution in [-0.4, -0.2) is 4.98 Å². The number of aromatic nitrogens is 2. The van der Waals surface area contributed by atoms with Gasteiger partial charge in [-0.15, -0.1) is 0 Å². The van der Waals surface area contributed by atoms with Crippen LogP contribution in [0.2, 0.25) is 0 Å². The maximum atomic E-state index is 8.37. The molecule has 1 aliphatic rings. The van der Waals surface area contributed by atoms with Crippen LogP contribution in [0.3, 0.4) is 0 Å². The summed E-state index contributed by atoms with van der Waals surface area (Å²) in [6.07, 6.45) is 2.65. The largest absolute Gasteiger partial charge is 0.257 e. The van der Waals surface area contributed by atoms with Crippen LogP contribution in [0, 0.1) is 13.8 Å². The molecule has 0 spiro atoms. The number of pyridine rings is 2. The first-order valence-corrected chi connectivity index (χ1v) is 8.60. The van der Waals surface area contributed by atoms with Gasteiger partial charge in [0.1, 0.15) is 7.05 Å². The molecule has 1 aliphatic carbocycles. The zero-order valence-electron chi connectivity index (χ0n) is 19.1. The third-order valence-corrected chi connectivity index (χ3v) is 5.21. The lowest BCUT2D eigenvalue weighted by atomic mass is 9.93. The van der Waals surface area contributed by atoms with E-state index in [1.165, 1.54) is 11.1 Å². The molecule has 0 atom stereocenters. The van der Waals surface area contributed by atoms with Crippen LogP contribution < -0.4 is 4.57 Å². The quantitative estimate of drug-likeness (QED) is 0.478. The molecule has 2 aromatic heterocycles. The van der Waals surface area contributed by atoms with Crippen molar-refractivity contribution in [3.63, 3.8) is 0 Å². The summed E-state index contributed by atoms with van der Waals surface area (Å²) in [7, 11) is 2.02. The average Bonchev–Trinajstić information content (AvgIpc) is 3.00. The molecule has 2 heteroatoms. The van der Waals surface area contributed by atoms with Gasteiger partial charge >= 0.3 is 0 Å². The molecule has 0 saturated heterocycles. The summed E-state index contributed by atoms with van der Waals surface area (Å²) in [5.74, 6) is -0.667. The molecular formula is C23H25N2+. The van der Waals surface area contributed by atoms with Crippen molar-refractivity contribution in [3.05, 3.63) is 70.7 Å². The van der Waals surface area contributed by atoms with Gasteiger partial charge < -0.3 is 0 Å². The Morgan fingerprint density at radius 3 is 2.64 bits per heavy atom. The number of fused-ring (bicyclic) bond motifs is 3. The third kappa shape index (κ3) is 2.57. The van der Waals surface area contributed by atoms with E-state index in [1.807, 2.05) is 39.2 Å². The fourth-order valence-electron chi connectivity index (χ4n) is 3.71. The predicted molar refractivity (Wildman–Crippen MR) is 103 cm³/mol. The van der Waals surface area contributed by atoms with Crippen molar-refractivity contribution in [2.24, 2.45) is 7.05 Å². The van der Waals surface area contributed by atoms with E-state index in [9.17, 15) is 0 Å². The summed E-state index contributed by atoms with van der Waals surface area (Å²) in [5, 5.41) is 0. The van der Waals surface area contributed by atoms with Gasteiger partial charge in [-0.1, -0.05) is 26.0 Å². The Morgan fingerprint density at radius 1 is 1.12 bits per heavy atom. The third-order valence-electron chi connectivity index (χ3n) is 5.21. The maximum absolute atomic E-state index is 8.37. The van der Waals surface area contributed by atoms with Crippen molar-refractivity contribution in [2.75, 3.05) is 0 Å². The van der Waals surface area contributed by atoms with Gasteiger partial charge in [-0.25, -0.2) is 4.57 Å². The van der Waals surface area contributed by atoms with Gasteiger partial charge in [0.2, 0.25) is 5.69 Å². The predicted octanol–water partition coefficient (Wildman–Crippen LogP) is 4.88. The van der Waals surface area contributed by atoms with Crippen LogP contribution in [0.4, 0.5) is 0 Å². The highest BCUT2D eigenvalue weighted by molar-refractivity contribution is 5.81. The lowest BCUT2D eigenvalue weighted by Crippen LogP contribution is -2.31. The van der Waals surface area contributed by atoms with Crippen LogP contribution in [0.25, 0.3) is 22.4 Å². The first-order valence-electron chi connectivity index (χ1n) is 10.6. The molecule has 2 heterocycles. The molecule has 4 rings (SSSR count). The summed E-state index contributed by atoms with van der Waals surface area (Å²) in [6, 6.07) is 11.8. The molecule has 0 N–H and O–H groups in total. The van der Waals surface area contributed by atoms with Gasteiger partial charge in [-0.05, 0) is 54.1 Å². The minimum atomic E-state index is -2.19. The van der Waals surface area contributed by atoms with Gasteiger partial charge in [0.25, 0.3) is 0 Å². The van der Waals surface area contributed by atoms with E-state index >= 15 is 0 Å². The Labute approximate surface area is 155 Å². The Kier molecular flexibility index (Phi) is 2.78. The number of hydrogen-bond acceptors (Lipinski definition) is 1. The number of benzene rings is 1. The monoisotopic (exact) mass is 333 g/mol. The summed E-state index contributed by atoms with van der Waals surface area (Å²) < 4.78 is 33.4. The molecule has 0 amide bonds. The fraction of sp³-hybridized carbons (Fsp3) is 0.304. The molecule has 3 aromatic rings. The van der Waals surface area contributed by atoms with Crippen LogP contribution in [0.5, 0.6) is 0 Å². The average molecular weight is 333 g/mol. The van der Waals surface area contributed by atoms with Crippen molar-refractivity contribution in [3.8, 4) is 22.4 Å². The maximum Gasteiger partial charge on any atom is 0.212 e. The molecule has 0 radical (unpaired) electrons. The van der Waals surface area contributed by atoms with Gasteiger partial charge in [-0.2, -0.15) is 0 Å². The summed E-state index contributed by atoms with van der Waals surface area (Å²) >= 11 is 0. The van der Waals surface area contributed by atoms with Crippen molar-refractivity contribution >= 4 is 0 Å². The standard InChI is InChI=1S/C23H25N2/c1-14(2)17-10-11-25(5)23(12-17)18-8-9-19-20-7-6-15(3)24-22(20)13-21(19)16(18)4/h6-12,14H,13H2,1-5H3/q+1/i3D3,14D. The summed E-state index contributed by atoms with van der Waals surface area (Å²) in [5.41, 5.74) is 8.67. The zero-order valence-corrected chi connectivity index (χ0v) is 15.1. The minimum absolute atomic E-state index is 0.152. The highest BCUT2D eigenvalue weighted by Crippen LogP contribution is 2.40. The van der Waals surface area contributed by atoms with Crippen LogP contribution >= 0.6 is 0 Å². The number of nitrogens with zero attached hydrogens (tertiary/aromatic N) is 2. The molecule has 0 aliphatic heterocycles. The van der Waals surface area contributed by atoms with E-state index in [4.69, 9.17) is 5.48 Å². The molecule has 25 heavy (non-hydrogen) atoms. The van der Waals surface area contributed by atoms with Gasteiger partial charge in [0.15, 0.2) is 6.20 Å². The Bertz CT molecular complexity index is 1120. The summed E-state index contributed by atoms with van der Waals surface area (Å²) in [6.45, 7) is 3.71. The van der Waals surface area contributed by atoms with Gasteiger partial charge in [0.05, 0.1) is 5.69 Å². The number of rotatable bonds is 2. The Morgan fingerprint density at radius 2 is 1.88 bits per heavy atom. The summed E-state index contributed by atoms with van der Waals surface area (Å²) in [4.78, 5) is 4.45. The second-order valence-corrected chi connectivity index (χ2v) is 7.04. The number of aryl methyl sites for hydroxylation is 2. The first-order chi connectivity index (χ1) is 13.5. The second-order valence-electron chi connectivity index (χ2n) is 7.04. The van der Waals surface area contributed by atoms with Crippen molar-refractivity contribution in [1.82, 2.24) is 4.98 Å². The normalized spacial score (nSPS) is 15.7. The van der Waals surface area contributed by atoms with Crippen LogP contribution in [-0.2, 0) is 13.5 Å². The topological polar surface area (TPSA) is 16.8 Å². The second kappa shape index (κ2) is 5.80. The Hall–Kier alpha value is -2.48. The molecule has 2 nitrogen and oxygen atoms in total. The lowest BCUT2D eigenvalue weighted by Gasteiger charge is -2.12. The van der Waals surface area contributed by atoms with E-state index in [0.29, 0.717) is 6.42 Å². The fourth-order valence-corrected chi connectivity index (χ4v) is 3.71. The SMILES string of the molecule is [2H]C([2H])([2H])c1ccc2c(n1)Cc1c-2ccc(-c2cc(C([2H])(C)C)cc[n+]2C)c1C. The highest BCUT2D eigenvalue weighted by Gasteiger charge is 2.25. The first kappa shape index (κ1) is 12.0. The molecule has 0 bridgehead atoms. The van der Waals surface area contributed by atoms with Crippen LogP contribution in [0.1, 0.15) is 53.3 Å². The lowest BCUT2D eigenvalue weighted by molar-refractivity contribution is -0.660. The zero-order chi connectivity index (χ0) is 21.1. The van der Waals surface area contributed by atoms with E-state index in [-0.39, 0.29) is 5.69 Å². The molecular weight excluding hydrogens is 304 g/mol. The van der Waals surface area contributed by atoms with Gasteiger partial charge in [-0.3, -0.25) is 4.98 Å². The molecule has 0 saturated carbocycles. The molecule has 1 aromatic carbocycles. The molecule has 0 fully saturated rings. The van der Waals surface area contributed by atoms with E-state index in [2.05, 4.69) is 34.7 Å². The Balaban J connectivity index is 1.82. The van der Waals surface area contributed by atoms with Crippen LogP contribution in [0.15, 0.2) is 42.6 Å². The molecule has 0 unspecified atom stereocenters. The van der Waals surface area contributed by atoms with Crippen molar-refractivity contribution in [2.45, 2.75) is 39.9 Å². The van der Waals surface area contributed by atoms with E-state index < -0.39 is 12.7 Å². The van der Waals surface area contributed by atoms with E-state index in [0.717, 1.165) is 33.6 Å².